The van der Waals surface area contributed by atoms with E-state index in [1.807, 2.05) is 0 Å². The molecule has 5 heteroatoms. The van der Waals surface area contributed by atoms with Gasteiger partial charge >= 0.3 is 0 Å². The standard InChI is InChI=1S/C13H25N3O2/c1-10(8-12(17)15-14)16-7-6-13(18)5-3-2-4-11(13)9-16/h10-11,18H,2-9,14H2,1H3,(H,15,17). The third-order valence-electron chi connectivity index (χ3n) is 4.72. The summed E-state index contributed by atoms with van der Waals surface area (Å²) in [5.74, 6) is 5.38. The Kier molecular flexibility index (Phi) is 4.25. The Labute approximate surface area is 109 Å². The molecule has 0 bridgehead atoms. The molecule has 0 aromatic heterocycles. The van der Waals surface area contributed by atoms with Crippen molar-refractivity contribution >= 4 is 5.91 Å². The van der Waals surface area contributed by atoms with Gasteiger partial charge in [-0.2, -0.15) is 0 Å². The Morgan fingerprint density at radius 1 is 1.56 bits per heavy atom. The molecular formula is C13H25N3O2. The average molecular weight is 255 g/mol. The number of aliphatic hydroxyl groups is 1. The highest BCUT2D eigenvalue weighted by atomic mass is 16.3. The van der Waals surface area contributed by atoms with Gasteiger partial charge in [0.2, 0.25) is 5.91 Å². The number of hydrogen-bond acceptors (Lipinski definition) is 4. The van der Waals surface area contributed by atoms with Crippen LogP contribution in [-0.2, 0) is 4.79 Å². The Hall–Kier alpha value is -0.650. The Morgan fingerprint density at radius 2 is 2.33 bits per heavy atom. The van der Waals surface area contributed by atoms with Gasteiger partial charge in [0.25, 0.3) is 0 Å². The quantitative estimate of drug-likeness (QED) is 0.387. The maximum absolute atomic E-state index is 11.3. The van der Waals surface area contributed by atoms with Crippen LogP contribution in [0.15, 0.2) is 0 Å². The van der Waals surface area contributed by atoms with Crippen LogP contribution in [0.5, 0.6) is 0 Å². The molecule has 1 saturated carbocycles. The van der Waals surface area contributed by atoms with Gasteiger partial charge in [-0.3, -0.25) is 15.1 Å². The highest BCUT2D eigenvalue weighted by Crippen LogP contribution is 2.40. The summed E-state index contributed by atoms with van der Waals surface area (Å²) in [7, 11) is 0. The van der Waals surface area contributed by atoms with Crippen LogP contribution in [0.1, 0.15) is 45.4 Å². The molecule has 1 aliphatic carbocycles. The Bertz CT molecular complexity index is 311. The number of carbonyl (C=O) groups is 1. The molecule has 0 radical (unpaired) electrons. The summed E-state index contributed by atoms with van der Waals surface area (Å²) in [6, 6.07) is 0.194. The first kappa shape index (κ1) is 13.8. The van der Waals surface area contributed by atoms with Crippen molar-refractivity contribution in [3.8, 4) is 0 Å². The number of carbonyl (C=O) groups excluding carboxylic acids is 1. The summed E-state index contributed by atoms with van der Waals surface area (Å²) in [6.07, 6.45) is 5.70. The lowest BCUT2D eigenvalue weighted by molar-refractivity contribution is -0.124. The number of hydrogen-bond donors (Lipinski definition) is 3. The van der Waals surface area contributed by atoms with Gasteiger partial charge in [0, 0.05) is 31.5 Å². The molecule has 1 saturated heterocycles. The zero-order chi connectivity index (χ0) is 13.2. The molecule has 1 aliphatic heterocycles. The van der Waals surface area contributed by atoms with E-state index in [9.17, 15) is 9.90 Å². The van der Waals surface area contributed by atoms with Crippen molar-refractivity contribution in [2.24, 2.45) is 11.8 Å². The second-order valence-corrected chi connectivity index (χ2v) is 5.91. The van der Waals surface area contributed by atoms with E-state index in [1.165, 1.54) is 6.42 Å². The normalized spacial score (nSPS) is 34.7. The summed E-state index contributed by atoms with van der Waals surface area (Å²) in [4.78, 5) is 13.6. The second kappa shape index (κ2) is 5.55. The molecule has 3 unspecified atom stereocenters. The highest BCUT2D eigenvalue weighted by molar-refractivity contribution is 5.75. The fraction of sp³-hybridized carbons (Fsp3) is 0.923. The van der Waals surface area contributed by atoms with E-state index in [4.69, 9.17) is 5.84 Å². The van der Waals surface area contributed by atoms with Crippen molar-refractivity contribution in [1.29, 1.82) is 0 Å². The fourth-order valence-corrected chi connectivity index (χ4v) is 3.45. The largest absolute Gasteiger partial charge is 0.390 e. The summed E-state index contributed by atoms with van der Waals surface area (Å²) in [5, 5.41) is 10.6. The molecule has 0 aromatic rings. The zero-order valence-corrected chi connectivity index (χ0v) is 11.2. The molecular weight excluding hydrogens is 230 g/mol. The number of fused-ring (bicyclic) bond motifs is 1. The smallest absolute Gasteiger partial charge is 0.235 e. The van der Waals surface area contributed by atoms with Crippen LogP contribution < -0.4 is 11.3 Å². The van der Waals surface area contributed by atoms with Gasteiger partial charge in [-0.25, -0.2) is 5.84 Å². The van der Waals surface area contributed by atoms with E-state index >= 15 is 0 Å². The molecule has 4 N–H and O–H groups in total. The molecule has 2 fully saturated rings. The van der Waals surface area contributed by atoms with Crippen LogP contribution in [-0.4, -0.2) is 40.6 Å². The number of nitrogens with zero attached hydrogens (tertiary/aromatic N) is 1. The topological polar surface area (TPSA) is 78.6 Å². The molecule has 104 valence electrons. The van der Waals surface area contributed by atoms with Crippen molar-refractivity contribution in [3.63, 3.8) is 0 Å². The first-order chi connectivity index (χ1) is 8.55. The molecule has 18 heavy (non-hydrogen) atoms. The number of rotatable bonds is 3. The highest BCUT2D eigenvalue weighted by Gasteiger charge is 2.43. The molecule has 2 rings (SSSR count). The van der Waals surface area contributed by atoms with Gasteiger partial charge in [0.05, 0.1) is 5.60 Å². The van der Waals surface area contributed by atoms with E-state index in [0.29, 0.717) is 12.3 Å². The van der Waals surface area contributed by atoms with Crippen molar-refractivity contribution in [2.75, 3.05) is 13.1 Å². The first-order valence-corrected chi connectivity index (χ1v) is 7.01. The van der Waals surface area contributed by atoms with Crippen LogP contribution in [0.3, 0.4) is 0 Å². The zero-order valence-electron chi connectivity index (χ0n) is 11.2. The van der Waals surface area contributed by atoms with Crippen molar-refractivity contribution in [1.82, 2.24) is 10.3 Å². The van der Waals surface area contributed by atoms with Crippen LogP contribution in [0.2, 0.25) is 0 Å². The Balaban J connectivity index is 1.91. The van der Waals surface area contributed by atoms with Gasteiger partial charge in [0.15, 0.2) is 0 Å². The van der Waals surface area contributed by atoms with Crippen molar-refractivity contribution in [2.45, 2.75) is 57.1 Å². The monoisotopic (exact) mass is 255 g/mol. The van der Waals surface area contributed by atoms with Crippen LogP contribution >= 0.6 is 0 Å². The molecule has 0 spiro atoms. The van der Waals surface area contributed by atoms with Gasteiger partial charge < -0.3 is 5.11 Å². The minimum atomic E-state index is -0.440. The summed E-state index contributed by atoms with van der Waals surface area (Å²) in [5.41, 5.74) is 1.74. The van der Waals surface area contributed by atoms with Gasteiger partial charge in [0.1, 0.15) is 0 Å². The predicted octanol–water partition coefficient (Wildman–Crippen LogP) is 0.382. The van der Waals surface area contributed by atoms with E-state index in [-0.39, 0.29) is 11.9 Å². The van der Waals surface area contributed by atoms with Crippen LogP contribution in [0.4, 0.5) is 0 Å². The number of likely N-dealkylation sites (tertiary alicyclic amines) is 1. The fourth-order valence-electron chi connectivity index (χ4n) is 3.45. The minimum absolute atomic E-state index is 0.119. The third-order valence-corrected chi connectivity index (χ3v) is 4.72. The summed E-state index contributed by atoms with van der Waals surface area (Å²) in [6.45, 7) is 3.85. The number of nitrogens with one attached hydrogen (secondary N) is 1. The molecule has 3 atom stereocenters. The molecule has 0 aromatic carbocycles. The lowest BCUT2D eigenvalue weighted by atomic mass is 9.71. The van der Waals surface area contributed by atoms with Crippen molar-refractivity contribution < 1.29 is 9.90 Å². The molecule has 2 aliphatic rings. The predicted molar refractivity (Wildman–Crippen MR) is 69.5 cm³/mol. The first-order valence-electron chi connectivity index (χ1n) is 7.01. The summed E-state index contributed by atoms with van der Waals surface area (Å²) < 4.78 is 0. The maximum Gasteiger partial charge on any atom is 0.235 e. The van der Waals surface area contributed by atoms with E-state index in [1.54, 1.807) is 0 Å². The van der Waals surface area contributed by atoms with Crippen LogP contribution in [0, 0.1) is 5.92 Å². The number of nitrogens with two attached hydrogens (primary N) is 1. The number of hydrazine groups is 1. The number of amides is 1. The average Bonchev–Trinajstić information content (AvgIpc) is 2.37. The van der Waals surface area contributed by atoms with Gasteiger partial charge in [-0.1, -0.05) is 12.8 Å². The van der Waals surface area contributed by atoms with Gasteiger partial charge in [-0.15, -0.1) is 0 Å². The van der Waals surface area contributed by atoms with E-state index in [2.05, 4.69) is 17.2 Å². The van der Waals surface area contributed by atoms with Gasteiger partial charge in [-0.05, 0) is 26.2 Å². The molecule has 5 nitrogen and oxygen atoms in total. The Morgan fingerprint density at radius 3 is 3.06 bits per heavy atom. The van der Waals surface area contributed by atoms with Crippen LogP contribution in [0.25, 0.3) is 0 Å². The van der Waals surface area contributed by atoms with Crippen molar-refractivity contribution in [3.05, 3.63) is 0 Å². The lowest BCUT2D eigenvalue weighted by Crippen LogP contribution is -2.55. The number of piperidine rings is 1. The lowest BCUT2D eigenvalue weighted by Gasteiger charge is -2.48. The minimum Gasteiger partial charge on any atom is -0.390 e. The molecule has 1 amide bonds. The SMILES string of the molecule is CC(CC(=O)NN)N1CCC2(O)CCCCC2C1. The third kappa shape index (κ3) is 2.84. The molecule has 1 heterocycles. The maximum atomic E-state index is 11.3. The summed E-state index contributed by atoms with van der Waals surface area (Å²) >= 11 is 0. The van der Waals surface area contributed by atoms with E-state index in [0.717, 1.165) is 38.8 Å². The van der Waals surface area contributed by atoms with E-state index < -0.39 is 5.60 Å². The second-order valence-electron chi connectivity index (χ2n) is 5.91.